The monoisotopic (exact) mass is 498 g/mol. The van der Waals surface area contributed by atoms with Crippen LogP contribution >= 0.6 is 11.6 Å². The number of aliphatic hydroxyl groups is 1. The number of fused-ring (bicyclic) bond motifs is 1. The average Bonchev–Trinajstić information content (AvgIpc) is 3.14. The first-order valence-corrected chi connectivity index (χ1v) is 11.5. The average molecular weight is 499 g/mol. The molecule has 1 amide bonds. The molecule has 34 heavy (non-hydrogen) atoms. The van der Waals surface area contributed by atoms with Crippen molar-refractivity contribution in [3.8, 4) is 5.75 Å². The standard InChI is InChI=1S/C22H22ClF3N4O4/c23-11-1-2-16-14(3-11)15(31)6-17(33-16)19(32)27-21-8-20(9-21,10-21)18-7-30(29-28-18)12-4-13(5-12)34-22(24,25)26/h1-3,7,12-13,15,17,31H,4-6,8-10H2,(H,27,32)/t12?,13?,15-,17-,20?,21?/m1/s1. The Morgan fingerprint density at radius 3 is 2.71 bits per heavy atom. The molecule has 7 rings (SSSR count). The molecule has 182 valence electrons. The maximum absolute atomic E-state index is 12.9. The zero-order valence-corrected chi connectivity index (χ0v) is 18.6. The molecule has 0 radical (unpaired) electrons. The van der Waals surface area contributed by atoms with Gasteiger partial charge in [-0.05, 0) is 50.3 Å². The van der Waals surface area contributed by atoms with Crippen LogP contribution in [0.4, 0.5) is 13.2 Å². The van der Waals surface area contributed by atoms with Gasteiger partial charge >= 0.3 is 6.36 Å². The summed E-state index contributed by atoms with van der Waals surface area (Å²) in [6.07, 6.45) is -2.47. The van der Waals surface area contributed by atoms with Crippen molar-refractivity contribution in [1.82, 2.24) is 20.3 Å². The molecule has 0 spiro atoms. The van der Waals surface area contributed by atoms with Crippen molar-refractivity contribution in [1.29, 1.82) is 0 Å². The number of aromatic nitrogens is 3. The number of aliphatic hydroxyl groups excluding tert-OH is 1. The van der Waals surface area contributed by atoms with Gasteiger partial charge in [-0.1, -0.05) is 16.8 Å². The highest BCUT2D eigenvalue weighted by molar-refractivity contribution is 6.30. The third-order valence-corrected chi connectivity index (χ3v) is 7.78. The minimum Gasteiger partial charge on any atom is -0.480 e. The number of amides is 1. The summed E-state index contributed by atoms with van der Waals surface area (Å²) in [6.45, 7) is 0. The summed E-state index contributed by atoms with van der Waals surface area (Å²) >= 11 is 5.98. The molecular weight excluding hydrogens is 477 g/mol. The number of alkyl halides is 3. The van der Waals surface area contributed by atoms with Gasteiger partial charge in [-0.25, -0.2) is 4.68 Å². The molecule has 1 aliphatic heterocycles. The fourth-order valence-electron chi connectivity index (χ4n) is 5.85. The zero-order valence-electron chi connectivity index (χ0n) is 17.9. The summed E-state index contributed by atoms with van der Waals surface area (Å²) in [5.41, 5.74) is 0.899. The zero-order chi connectivity index (χ0) is 23.9. The highest BCUT2D eigenvalue weighted by Crippen LogP contribution is 2.67. The second-order valence-electron chi connectivity index (χ2n) is 10.0. The Hall–Kier alpha value is -2.37. The van der Waals surface area contributed by atoms with Crippen molar-refractivity contribution >= 4 is 17.5 Å². The fraction of sp³-hybridized carbons (Fsp3) is 0.591. The van der Waals surface area contributed by atoms with E-state index in [2.05, 4.69) is 20.4 Å². The first-order valence-electron chi connectivity index (χ1n) is 11.2. The number of carbonyl (C=O) groups is 1. The third-order valence-electron chi connectivity index (χ3n) is 7.55. The lowest BCUT2D eigenvalue weighted by Gasteiger charge is -2.69. The van der Waals surface area contributed by atoms with Gasteiger partial charge in [0.15, 0.2) is 6.10 Å². The Balaban J connectivity index is 1.03. The number of hydrogen-bond acceptors (Lipinski definition) is 6. The van der Waals surface area contributed by atoms with E-state index in [0.29, 0.717) is 16.3 Å². The number of nitrogens with zero attached hydrogens (tertiary/aromatic N) is 3. The molecule has 4 saturated carbocycles. The number of benzene rings is 1. The van der Waals surface area contributed by atoms with E-state index in [1.165, 1.54) is 0 Å². The number of hydrogen-bond donors (Lipinski definition) is 2. The van der Waals surface area contributed by atoms with Gasteiger partial charge in [0, 0.05) is 34.2 Å². The van der Waals surface area contributed by atoms with E-state index >= 15 is 0 Å². The summed E-state index contributed by atoms with van der Waals surface area (Å²) < 4.78 is 48.4. The lowest BCUT2D eigenvalue weighted by atomic mass is 9.38. The normalized spacial score (nSPS) is 35.8. The van der Waals surface area contributed by atoms with Crippen LogP contribution in [0.1, 0.15) is 61.9 Å². The van der Waals surface area contributed by atoms with E-state index < -0.39 is 24.7 Å². The topological polar surface area (TPSA) is 98.5 Å². The molecule has 4 fully saturated rings. The van der Waals surface area contributed by atoms with Gasteiger partial charge in [0.05, 0.1) is 23.9 Å². The Morgan fingerprint density at radius 2 is 2.00 bits per heavy atom. The van der Waals surface area contributed by atoms with Crippen molar-refractivity contribution in [3.05, 3.63) is 40.7 Å². The maximum Gasteiger partial charge on any atom is 0.522 e. The maximum atomic E-state index is 12.9. The van der Waals surface area contributed by atoms with E-state index in [0.717, 1.165) is 25.0 Å². The van der Waals surface area contributed by atoms with Crippen LogP contribution in [0.25, 0.3) is 0 Å². The molecule has 0 saturated heterocycles. The molecule has 1 aromatic heterocycles. The molecule has 8 nitrogen and oxygen atoms in total. The lowest BCUT2D eigenvalue weighted by Crippen LogP contribution is -2.77. The summed E-state index contributed by atoms with van der Waals surface area (Å²) in [5.74, 6) is 0.189. The Labute approximate surface area is 197 Å². The minimum absolute atomic E-state index is 0.148. The molecule has 2 heterocycles. The van der Waals surface area contributed by atoms with Gasteiger partial charge in [-0.15, -0.1) is 18.3 Å². The van der Waals surface area contributed by atoms with Crippen molar-refractivity contribution in [3.63, 3.8) is 0 Å². The van der Waals surface area contributed by atoms with E-state index in [1.54, 1.807) is 22.9 Å². The van der Waals surface area contributed by atoms with Gasteiger partial charge in [0.25, 0.3) is 5.91 Å². The summed E-state index contributed by atoms with van der Waals surface area (Å²) in [7, 11) is 0. The molecule has 2 bridgehead atoms. The molecule has 2 N–H and O–H groups in total. The van der Waals surface area contributed by atoms with Crippen LogP contribution in [0.15, 0.2) is 24.4 Å². The van der Waals surface area contributed by atoms with Gasteiger partial charge in [0.1, 0.15) is 5.75 Å². The number of rotatable bonds is 5. The van der Waals surface area contributed by atoms with Crippen molar-refractivity contribution in [2.75, 3.05) is 0 Å². The molecular formula is C22H22ClF3N4O4. The highest BCUT2D eigenvalue weighted by atomic mass is 35.5. The summed E-state index contributed by atoms with van der Waals surface area (Å²) in [5, 5.41) is 22.4. The van der Waals surface area contributed by atoms with E-state index in [9.17, 15) is 23.1 Å². The molecule has 0 unspecified atom stereocenters. The lowest BCUT2D eigenvalue weighted by molar-refractivity contribution is -0.353. The molecule has 2 atom stereocenters. The van der Waals surface area contributed by atoms with Crippen molar-refractivity contribution < 1.29 is 32.5 Å². The summed E-state index contributed by atoms with van der Waals surface area (Å²) in [6, 6.07) is 4.79. The second-order valence-corrected chi connectivity index (χ2v) is 10.5. The Kier molecular flexibility index (Phi) is 4.76. The number of halogens is 4. The van der Waals surface area contributed by atoms with E-state index in [1.807, 2.05) is 6.20 Å². The fourth-order valence-corrected chi connectivity index (χ4v) is 6.03. The van der Waals surface area contributed by atoms with E-state index in [-0.39, 0.29) is 42.2 Å². The molecule has 12 heteroatoms. The van der Waals surface area contributed by atoms with Crippen molar-refractivity contribution in [2.45, 2.75) is 80.2 Å². The Bertz CT molecular complexity index is 1130. The predicted octanol–water partition coefficient (Wildman–Crippen LogP) is 3.35. The SMILES string of the molecule is O=C(NC12CC(c3cn(C4CC(OC(F)(F)F)C4)nn3)(C1)C2)[C@H]1C[C@@H](O)c2cc(Cl)ccc2O1. The molecule has 4 aliphatic carbocycles. The van der Waals surface area contributed by atoms with E-state index in [4.69, 9.17) is 16.3 Å². The van der Waals surface area contributed by atoms with Crippen LogP contribution in [0.3, 0.4) is 0 Å². The van der Waals surface area contributed by atoms with Gasteiger partial charge < -0.3 is 15.2 Å². The largest absolute Gasteiger partial charge is 0.522 e. The van der Waals surface area contributed by atoms with Gasteiger partial charge in [0.2, 0.25) is 0 Å². The molecule has 1 aromatic carbocycles. The third kappa shape index (κ3) is 3.64. The van der Waals surface area contributed by atoms with Crippen LogP contribution in [0.2, 0.25) is 5.02 Å². The number of ether oxygens (including phenoxy) is 2. The van der Waals surface area contributed by atoms with Crippen LogP contribution < -0.4 is 10.1 Å². The number of carbonyl (C=O) groups excluding carboxylic acids is 1. The van der Waals surface area contributed by atoms with Crippen LogP contribution in [0.5, 0.6) is 5.75 Å². The second kappa shape index (κ2) is 7.32. The minimum atomic E-state index is -4.62. The Morgan fingerprint density at radius 1 is 1.26 bits per heavy atom. The quantitative estimate of drug-likeness (QED) is 0.656. The first-order chi connectivity index (χ1) is 16.0. The van der Waals surface area contributed by atoms with Crippen LogP contribution in [-0.2, 0) is 14.9 Å². The van der Waals surface area contributed by atoms with Gasteiger partial charge in [-0.2, -0.15) is 0 Å². The van der Waals surface area contributed by atoms with Crippen molar-refractivity contribution in [2.24, 2.45) is 0 Å². The summed E-state index contributed by atoms with van der Waals surface area (Å²) in [4.78, 5) is 12.9. The molecule has 5 aliphatic rings. The predicted molar refractivity (Wildman–Crippen MR) is 111 cm³/mol. The first kappa shape index (κ1) is 22.1. The van der Waals surface area contributed by atoms with Crippen LogP contribution in [-0.4, -0.2) is 50.1 Å². The van der Waals surface area contributed by atoms with Gasteiger partial charge in [-0.3, -0.25) is 9.53 Å². The smallest absolute Gasteiger partial charge is 0.480 e. The highest BCUT2D eigenvalue weighted by Gasteiger charge is 2.70. The van der Waals surface area contributed by atoms with Crippen LogP contribution in [0, 0.1) is 0 Å². The molecule has 2 aromatic rings. The number of nitrogens with one attached hydrogen (secondary N) is 1.